The maximum Gasteiger partial charge on any atom is 0.179 e. The fraction of sp³-hybridized carbons (Fsp3) is 0.100. The van der Waals surface area contributed by atoms with Crippen LogP contribution in [0.25, 0.3) is 0 Å². The average molecular weight is 282 g/mol. The largest absolute Gasteiger partial charge is 0.384 e. The van der Waals surface area contributed by atoms with Gasteiger partial charge in [0.05, 0.1) is 0 Å². The normalized spacial score (nSPS) is 10.4. The zero-order valence-corrected chi connectivity index (χ0v) is 11.5. The zero-order chi connectivity index (χ0) is 12.3. The number of nitrogen functional groups attached to an aromatic ring is 1. The number of hydrogen-bond acceptors (Lipinski definition) is 6. The smallest absolute Gasteiger partial charge is 0.179 e. The Hall–Kier alpha value is -1.05. The summed E-state index contributed by atoms with van der Waals surface area (Å²) in [7, 11) is 0. The van der Waals surface area contributed by atoms with Crippen LogP contribution in [0.4, 0.5) is 0 Å². The van der Waals surface area contributed by atoms with Crippen molar-refractivity contribution in [2.24, 2.45) is 5.73 Å². The molecule has 7 heteroatoms. The molecule has 1 heterocycles. The quantitative estimate of drug-likeness (QED) is 0.512. The van der Waals surface area contributed by atoms with E-state index in [4.69, 9.17) is 11.1 Å². The number of amidine groups is 1. The highest BCUT2D eigenvalue weighted by molar-refractivity contribution is 8.03. The third kappa shape index (κ3) is 2.99. The molecule has 0 saturated carbocycles. The van der Waals surface area contributed by atoms with Gasteiger partial charge in [-0.3, -0.25) is 5.41 Å². The molecule has 0 spiro atoms. The Morgan fingerprint density at radius 1 is 1.29 bits per heavy atom. The molecular formula is C10H10N4S3. The van der Waals surface area contributed by atoms with Gasteiger partial charge in [0.15, 0.2) is 8.68 Å². The van der Waals surface area contributed by atoms with E-state index in [1.54, 1.807) is 23.1 Å². The molecule has 0 atom stereocenters. The van der Waals surface area contributed by atoms with Gasteiger partial charge in [-0.1, -0.05) is 53.1 Å². The van der Waals surface area contributed by atoms with Gasteiger partial charge in [-0.05, 0) is 12.3 Å². The van der Waals surface area contributed by atoms with Crippen LogP contribution in [0.1, 0.15) is 5.56 Å². The third-order valence-corrected chi connectivity index (χ3v) is 4.96. The molecule has 0 amide bonds. The summed E-state index contributed by atoms with van der Waals surface area (Å²) in [4.78, 5) is 0.934. The van der Waals surface area contributed by atoms with Crippen molar-refractivity contribution in [2.75, 3.05) is 6.26 Å². The lowest BCUT2D eigenvalue weighted by molar-refractivity contribution is 0.955. The average Bonchev–Trinajstić information content (AvgIpc) is 2.77. The number of nitrogens with two attached hydrogens (primary N) is 1. The van der Waals surface area contributed by atoms with Crippen LogP contribution < -0.4 is 5.73 Å². The monoisotopic (exact) mass is 282 g/mol. The first-order valence-electron chi connectivity index (χ1n) is 4.69. The Balaban J connectivity index is 2.26. The minimum atomic E-state index is 0.0719. The second kappa shape index (κ2) is 5.52. The number of hydrogen-bond donors (Lipinski definition) is 2. The summed E-state index contributed by atoms with van der Waals surface area (Å²) >= 11 is 4.61. The van der Waals surface area contributed by atoms with Crippen LogP contribution in [0.3, 0.4) is 0 Å². The van der Waals surface area contributed by atoms with E-state index in [0.717, 1.165) is 19.1 Å². The van der Waals surface area contributed by atoms with Crippen LogP contribution in [0.2, 0.25) is 0 Å². The minimum absolute atomic E-state index is 0.0719. The van der Waals surface area contributed by atoms with Gasteiger partial charge in [0.25, 0.3) is 0 Å². The molecule has 0 unspecified atom stereocenters. The van der Waals surface area contributed by atoms with Crippen molar-refractivity contribution in [3.63, 3.8) is 0 Å². The van der Waals surface area contributed by atoms with Crippen molar-refractivity contribution in [3.8, 4) is 0 Å². The highest BCUT2D eigenvalue weighted by atomic mass is 32.2. The molecule has 3 N–H and O–H groups in total. The lowest BCUT2D eigenvalue weighted by Gasteiger charge is -2.04. The maximum atomic E-state index is 7.51. The summed E-state index contributed by atoms with van der Waals surface area (Å²) in [5.74, 6) is 0.0719. The van der Waals surface area contributed by atoms with Crippen LogP contribution in [0.15, 0.2) is 37.8 Å². The first-order chi connectivity index (χ1) is 8.20. The van der Waals surface area contributed by atoms with Crippen molar-refractivity contribution in [1.29, 1.82) is 5.41 Å². The van der Waals surface area contributed by atoms with Crippen LogP contribution in [-0.2, 0) is 0 Å². The Morgan fingerprint density at radius 2 is 2.00 bits per heavy atom. The van der Waals surface area contributed by atoms with Gasteiger partial charge in [-0.15, -0.1) is 10.2 Å². The van der Waals surface area contributed by atoms with Gasteiger partial charge in [-0.2, -0.15) is 0 Å². The van der Waals surface area contributed by atoms with E-state index in [0.29, 0.717) is 0 Å². The van der Waals surface area contributed by atoms with Crippen LogP contribution >= 0.6 is 34.9 Å². The molecular weight excluding hydrogens is 272 g/mol. The molecule has 1 aromatic carbocycles. The number of aromatic nitrogens is 2. The van der Waals surface area contributed by atoms with Crippen molar-refractivity contribution >= 4 is 40.7 Å². The highest BCUT2D eigenvalue weighted by Gasteiger charge is 2.09. The van der Waals surface area contributed by atoms with E-state index in [2.05, 4.69) is 10.2 Å². The second-order valence-electron chi connectivity index (χ2n) is 3.05. The lowest BCUT2D eigenvalue weighted by Crippen LogP contribution is -2.11. The summed E-state index contributed by atoms with van der Waals surface area (Å²) < 4.78 is 1.80. The van der Waals surface area contributed by atoms with Gasteiger partial charge >= 0.3 is 0 Å². The van der Waals surface area contributed by atoms with E-state index in [1.807, 2.05) is 30.5 Å². The topological polar surface area (TPSA) is 75.7 Å². The molecule has 0 radical (unpaired) electrons. The number of nitrogens with one attached hydrogen (secondary N) is 1. The summed E-state index contributed by atoms with van der Waals surface area (Å²) in [6, 6.07) is 7.56. The molecule has 88 valence electrons. The van der Waals surface area contributed by atoms with Crippen molar-refractivity contribution in [2.45, 2.75) is 13.6 Å². The van der Waals surface area contributed by atoms with E-state index in [-0.39, 0.29) is 5.84 Å². The van der Waals surface area contributed by atoms with E-state index < -0.39 is 0 Å². The minimum Gasteiger partial charge on any atom is -0.384 e. The Labute approximate surface area is 112 Å². The van der Waals surface area contributed by atoms with Crippen LogP contribution in [0, 0.1) is 5.41 Å². The van der Waals surface area contributed by atoms with Gasteiger partial charge in [0, 0.05) is 10.5 Å². The van der Waals surface area contributed by atoms with Gasteiger partial charge in [0.2, 0.25) is 0 Å². The van der Waals surface area contributed by atoms with E-state index in [1.165, 1.54) is 11.8 Å². The molecule has 0 aliphatic heterocycles. The molecule has 4 nitrogen and oxygen atoms in total. The van der Waals surface area contributed by atoms with Crippen molar-refractivity contribution in [1.82, 2.24) is 10.2 Å². The SMILES string of the molecule is CSc1nnc(Sc2ccccc2C(=N)N)s1. The fourth-order valence-electron chi connectivity index (χ4n) is 1.19. The Morgan fingerprint density at radius 3 is 2.65 bits per heavy atom. The predicted molar refractivity (Wildman–Crippen MR) is 73.3 cm³/mol. The Bertz CT molecular complexity index is 538. The van der Waals surface area contributed by atoms with E-state index in [9.17, 15) is 0 Å². The molecule has 2 aromatic rings. The first kappa shape index (κ1) is 12.4. The first-order valence-corrected chi connectivity index (χ1v) is 7.55. The number of benzene rings is 1. The van der Waals surface area contributed by atoms with Crippen LogP contribution in [-0.4, -0.2) is 22.3 Å². The molecule has 0 saturated heterocycles. The third-order valence-electron chi connectivity index (χ3n) is 1.94. The van der Waals surface area contributed by atoms with Gasteiger partial charge < -0.3 is 5.73 Å². The van der Waals surface area contributed by atoms with Crippen LogP contribution in [0.5, 0.6) is 0 Å². The molecule has 0 aliphatic rings. The van der Waals surface area contributed by atoms with Gasteiger partial charge in [-0.25, -0.2) is 0 Å². The summed E-state index contributed by atoms with van der Waals surface area (Å²) in [5.41, 5.74) is 6.27. The van der Waals surface area contributed by atoms with Crippen molar-refractivity contribution < 1.29 is 0 Å². The predicted octanol–water partition coefficient (Wildman–Crippen LogP) is 2.70. The lowest BCUT2D eigenvalue weighted by atomic mass is 10.2. The summed E-state index contributed by atoms with van der Waals surface area (Å²) in [6.45, 7) is 0. The molecule has 0 fully saturated rings. The van der Waals surface area contributed by atoms with Gasteiger partial charge in [0.1, 0.15) is 5.84 Å². The number of thioether (sulfide) groups is 1. The fourth-order valence-corrected chi connectivity index (χ4v) is 3.73. The molecule has 1 aromatic heterocycles. The maximum absolute atomic E-state index is 7.51. The molecule has 0 aliphatic carbocycles. The molecule has 17 heavy (non-hydrogen) atoms. The molecule has 2 rings (SSSR count). The second-order valence-corrected chi connectivity index (χ2v) is 6.37. The summed E-state index contributed by atoms with van der Waals surface area (Å²) in [5, 5.41) is 15.6. The number of rotatable bonds is 4. The highest BCUT2D eigenvalue weighted by Crippen LogP contribution is 2.34. The molecule has 0 bridgehead atoms. The van der Waals surface area contributed by atoms with E-state index >= 15 is 0 Å². The summed E-state index contributed by atoms with van der Waals surface area (Å²) in [6.07, 6.45) is 1.97. The van der Waals surface area contributed by atoms with Crippen molar-refractivity contribution in [3.05, 3.63) is 29.8 Å². The Kier molecular flexibility index (Phi) is 4.03. The standard InChI is InChI=1S/C10H10N4S3/c1-15-9-13-14-10(17-9)16-7-5-3-2-4-6(7)8(11)12/h2-5H,1H3,(H3,11,12). The number of nitrogens with zero attached hydrogens (tertiary/aromatic N) is 2. The zero-order valence-electron chi connectivity index (χ0n) is 9.01.